The molecular weight excluding hydrogens is 1760 g/mol. The highest BCUT2D eigenvalue weighted by molar-refractivity contribution is 5.78. The van der Waals surface area contributed by atoms with Crippen LogP contribution in [0.3, 0.4) is 0 Å². The van der Waals surface area contributed by atoms with Crippen molar-refractivity contribution < 1.29 is 193 Å². The molecule has 4 amide bonds. The zero-order valence-corrected chi connectivity index (χ0v) is 77.8. The van der Waals surface area contributed by atoms with Gasteiger partial charge in [-0.1, -0.05) is 219 Å². The van der Waals surface area contributed by atoms with Gasteiger partial charge in [0, 0.05) is 40.0 Å². The lowest BCUT2D eigenvalue weighted by molar-refractivity contribution is -0.383. The second-order valence-corrected chi connectivity index (χ2v) is 36.4. The Hall–Kier alpha value is -4.68. The molecule has 0 aromatic heterocycles. The van der Waals surface area contributed by atoms with Crippen LogP contribution >= 0.6 is 0 Å². The van der Waals surface area contributed by atoms with Gasteiger partial charge in [0.2, 0.25) is 23.6 Å². The summed E-state index contributed by atoms with van der Waals surface area (Å²) >= 11 is 0. The summed E-state index contributed by atoms with van der Waals surface area (Å²) in [5, 5.41) is 246. The Balaban J connectivity index is 1.17. The number of amides is 4. The van der Waals surface area contributed by atoms with Crippen LogP contribution in [0.15, 0.2) is 12.2 Å². The molecule has 0 aliphatic carbocycles. The van der Waals surface area contributed by atoms with Crippen LogP contribution < -0.4 is 21.3 Å². The molecular formula is C90H160N4O39. The minimum absolute atomic E-state index is 0.136. The number of aliphatic hydroxyl groups excluding tert-OH is 19. The number of carboxylic acid groups (broad SMARTS) is 2. The molecule has 0 bridgehead atoms. The van der Waals surface area contributed by atoms with Crippen molar-refractivity contribution in [1.82, 2.24) is 21.3 Å². The number of rotatable bonds is 65. The van der Waals surface area contributed by atoms with Crippen LogP contribution in [0, 0.1) is 0 Å². The van der Waals surface area contributed by atoms with E-state index in [-0.39, 0.29) is 12.3 Å². The molecule has 0 spiro atoms. The number of carbonyl (C=O) groups is 6. The number of aliphatic hydroxyl groups is 19. The van der Waals surface area contributed by atoms with Gasteiger partial charge in [-0.2, -0.15) is 0 Å². The summed E-state index contributed by atoms with van der Waals surface area (Å²) in [6.45, 7) is -0.653. The van der Waals surface area contributed by atoms with Gasteiger partial charge in [-0.25, -0.2) is 9.59 Å². The number of nitrogens with one attached hydrogen (secondary N) is 4. The average molecular weight is 1920 g/mol. The maximum Gasteiger partial charge on any atom is 0.364 e. The second kappa shape index (κ2) is 61.1. The molecule has 6 heterocycles. The van der Waals surface area contributed by atoms with E-state index in [1.54, 1.807) is 6.08 Å². The third-order valence-electron chi connectivity index (χ3n) is 25.6. The van der Waals surface area contributed by atoms with E-state index in [0.717, 1.165) is 78.6 Å². The van der Waals surface area contributed by atoms with Crippen LogP contribution in [0.25, 0.3) is 0 Å². The van der Waals surface area contributed by atoms with Crippen LogP contribution in [0.5, 0.6) is 0 Å². The van der Waals surface area contributed by atoms with E-state index in [1.165, 1.54) is 141 Å². The smallest absolute Gasteiger partial charge is 0.364 e. The standard InChI is InChI=1S/C90H160N4O39/c1-6-8-10-12-14-16-18-20-21-22-23-24-25-26-27-29-31-33-35-37-39-41-64(107)94-54(55(103)40-38-36-34-32-30-28-19-17-15-13-11-9-7-2)49-122-84-76(116)73(113)79(61(47-98)125-84)129-86-77(117)74(114)78(62(48-99)126-86)128-83-67(93-53(5)102)80(130-85-75(115)72(112)69(109)59(45-96)124-85)71(111)63(127-83)50-123-89(87(118)119)42-56(104)66(92-52(4)101)82(132-89)70(110)60(46-97)131-90(88(120)121)43-57(105)65(91-51(3)100)81(133-90)68(108)58(106)44-95/h38,40,54-63,65-86,95-99,103-106,108-117H,6-37,39,41-50H2,1-5H3,(H,91,100)(H,92,101)(H,93,102)(H,94,107)(H,118,119)(H,120,121)/b40-38+/t54-,55+,56?,57?,58+,59?,60+,61?,62?,63?,65+,66+,67?,68+,69-,70+,71-,72-,73+,74+,75?,76?,77?,78-,79+,80+,81?,82?,83-,84+,85-,86-,89+,90+/m0/s1. The SMILES string of the molecule is CCCCCCCCCCCCC/C=C/[C@@H](O)[C@H](CO[C@@H]1OC(CO)[C@@H](O[C@@H]2OC(CO)[C@H](O[C@@H]3OC(CO[C@]4(C(=O)O)CC(O)[C@@H](NC(C)=O)C([C@H](O)[C@@H](CO)O[C@]5(C(=O)O)CC(O)[C@@H](NC(C)=O)C([C@H](O)[C@H](O)CO)O5)O4)[C@H](O)[C@H](O[C@@H]4OC(CO)[C@H](O)[C@H](O)C4O)C3NC(C)=O)[C@H](O)C2O)[C@H](O)C1O)NC(=O)CCCCCCCCCCCCCCCCCCCCCCC. The van der Waals surface area contributed by atoms with Crippen LogP contribution in [0.1, 0.15) is 266 Å². The van der Waals surface area contributed by atoms with Gasteiger partial charge < -0.3 is 185 Å². The first-order chi connectivity index (χ1) is 63.5. The van der Waals surface area contributed by atoms with Gasteiger partial charge in [0.25, 0.3) is 11.6 Å². The van der Waals surface area contributed by atoms with Gasteiger partial charge in [-0.3, -0.25) is 19.2 Å². The number of unbranched alkanes of at least 4 members (excludes halogenated alkanes) is 31. The largest absolute Gasteiger partial charge is 0.477 e. The van der Waals surface area contributed by atoms with Gasteiger partial charge >= 0.3 is 11.9 Å². The quantitative estimate of drug-likeness (QED) is 0.0243. The number of hydrogen-bond donors (Lipinski definition) is 25. The van der Waals surface area contributed by atoms with Gasteiger partial charge in [-0.05, 0) is 19.3 Å². The molecule has 6 saturated heterocycles. The van der Waals surface area contributed by atoms with E-state index < -0.39 is 296 Å². The van der Waals surface area contributed by atoms with Crippen molar-refractivity contribution >= 4 is 35.6 Å². The third kappa shape index (κ3) is 36.1. The fraction of sp³-hybridized carbons (Fsp3) is 0.911. The fourth-order valence-corrected chi connectivity index (χ4v) is 17.9. The monoisotopic (exact) mass is 1920 g/mol. The molecule has 0 radical (unpaired) electrons. The van der Waals surface area contributed by atoms with E-state index in [1.807, 2.05) is 6.08 Å². The maximum atomic E-state index is 13.8. The summed E-state index contributed by atoms with van der Waals surface area (Å²) in [5.41, 5.74) is 0. The minimum Gasteiger partial charge on any atom is -0.477 e. The number of hydrogen-bond acceptors (Lipinski definition) is 37. The van der Waals surface area contributed by atoms with Gasteiger partial charge in [-0.15, -0.1) is 0 Å². The van der Waals surface area contributed by atoms with E-state index in [0.29, 0.717) is 12.8 Å². The zero-order valence-electron chi connectivity index (χ0n) is 77.8. The van der Waals surface area contributed by atoms with Crippen LogP contribution in [-0.4, -0.2) is 396 Å². The molecule has 0 saturated carbocycles. The fourth-order valence-electron chi connectivity index (χ4n) is 17.9. The Morgan fingerprint density at radius 1 is 0.414 bits per heavy atom. The first kappa shape index (κ1) is 117. The predicted molar refractivity (Wildman–Crippen MR) is 467 cm³/mol. The number of carboxylic acids is 2. The molecule has 6 fully saturated rings. The number of allylic oxidation sites excluding steroid dienone is 1. The minimum atomic E-state index is -3.39. The Labute approximate surface area is 778 Å². The van der Waals surface area contributed by atoms with E-state index >= 15 is 0 Å². The zero-order chi connectivity index (χ0) is 98.1. The van der Waals surface area contributed by atoms with Crippen molar-refractivity contribution in [2.75, 3.05) is 46.2 Å². The Morgan fingerprint density at radius 3 is 1.24 bits per heavy atom. The van der Waals surface area contributed by atoms with Crippen LogP contribution in [-0.2, 0) is 85.6 Å². The highest BCUT2D eigenvalue weighted by atomic mass is 16.8. The van der Waals surface area contributed by atoms with Crippen molar-refractivity contribution in [2.45, 2.75) is 473 Å². The average Bonchev–Trinajstić information content (AvgIpc) is 0.756. The van der Waals surface area contributed by atoms with Crippen molar-refractivity contribution in [3.05, 3.63) is 12.2 Å². The van der Waals surface area contributed by atoms with E-state index in [4.69, 9.17) is 56.8 Å². The molecule has 0 aromatic rings. The van der Waals surface area contributed by atoms with Crippen molar-refractivity contribution in [3.63, 3.8) is 0 Å². The van der Waals surface area contributed by atoms with E-state index in [2.05, 4.69) is 35.1 Å². The summed E-state index contributed by atoms with van der Waals surface area (Å²) in [5.74, 6) is -14.4. The summed E-state index contributed by atoms with van der Waals surface area (Å²) in [6, 6.07) is -6.90. The molecule has 133 heavy (non-hydrogen) atoms. The molecule has 774 valence electrons. The summed E-state index contributed by atoms with van der Waals surface area (Å²) in [6.07, 6.45) is -20.6. The molecule has 6 aliphatic rings. The predicted octanol–water partition coefficient (Wildman–Crippen LogP) is -1.53. The topological polar surface area (TPSA) is 686 Å². The first-order valence-electron chi connectivity index (χ1n) is 48.2. The molecule has 12 unspecified atom stereocenters. The highest BCUT2D eigenvalue weighted by Crippen LogP contribution is 2.42. The summed E-state index contributed by atoms with van der Waals surface area (Å²) < 4.78 is 71.2. The van der Waals surface area contributed by atoms with Crippen molar-refractivity contribution in [1.29, 1.82) is 0 Å². The molecule has 6 aliphatic heterocycles. The number of aliphatic carboxylic acids is 2. The lowest BCUT2D eigenvalue weighted by atomic mass is 9.87. The van der Waals surface area contributed by atoms with Crippen LogP contribution in [0.4, 0.5) is 0 Å². The third-order valence-corrected chi connectivity index (χ3v) is 25.6. The molecule has 43 heteroatoms. The number of carbonyl (C=O) groups excluding carboxylic acids is 4. The van der Waals surface area contributed by atoms with E-state index in [9.17, 15) is 136 Å². The lowest BCUT2D eigenvalue weighted by Gasteiger charge is -2.51. The van der Waals surface area contributed by atoms with Crippen LogP contribution in [0.2, 0.25) is 0 Å². The molecule has 6 rings (SSSR count). The molecule has 0 aromatic carbocycles. The summed E-state index contributed by atoms with van der Waals surface area (Å²) in [7, 11) is 0. The van der Waals surface area contributed by atoms with Gasteiger partial charge in [0.1, 0.15) is 134 Å². The Morgan fingerprint density at radius 2 is 0.797 bits per heavy atom. The normalized spacial score (nSPS) is 34.1. The highest BCUT2D eigenvalue weighted by Gasteiger charge is 2.63. The lowest BCUT2D eigenvalue weighted by Crippen LogP contribution is -2.71. The molecule has 43 nitrogen and oxygen atoms in total. The number of ether oxygens (including phenoxy) is 12. The second-order valence-electron chi connectivity index (χ2n) is 36.4. The Bertz CT molecular complexity index is 3310. The van der Waals surface area contributed by atoms with Crippen molar-refractivity contribution in [3.8, 4) is 0 Å². The molecule has 34 atom stereocenters. The van der Waals surface area contributed by atoms with Gasteiger partial charge in [0.05, 0.1) is 82.7 Å². The van der Waals surface area contributed by atoms with Gasteiger partial charge in [0.15, 0.2) is 25.2 Å². The summed E-state index contributed by atoms with van der Waals surface area (Å²) in [4.78, 5) is 79.2. The van der Waals surface area contributed by atoms with Crippen molar-refractivity contribution in [2.24, 2.45) is 0 Å². The molecule has 25 N–H and O–H groups in total. The maximum absolute atomic E-state index is 13.8. The Kier molecular flexibility index (Phi) is 53.8. The first-order valence-corrected chi connectivity index (χ1v) is 48.2.